The number of amides is 3. The van der Waals surface area contributed by atoms with Crippen molar-refractivity contribution in [3.63, 3.8) is 0 Å². The maximum absolute atomic E-state index is 11.4. The Morgan fingerprint density at radius 1 is 1.26 bits per heavy atom. The van der Waals surface area contributed by atoms with Crippen molar-refractivity contribution in [2.75, 3.05) is 7.05 Å². The van der Waals surface area contributed by atoms with Gasteiger partial charge in [-0.25, -0.2) is 4.79 Å². The van der Waals surface area contributed by atoms with Gasteiger partial charge in [0.15, 0.2) is 0 Å². The Kier molecular flexibility index (Phi) is 3.81. The minimum atomic E-state index is -0.576. The topological polar surface area (TPSA) is 102 Å². The minimum Gasteiger partial charge on any atom is -0.341 e. The first-order chi connectivity index (χ1) is 9.19. The minimum absolute atomic E-state index is 0.173. The molecule has 0 aliphatic carbocycles. The molecular formula is C11H12N6O2. The normalized spacial score (nSPS) is 9.95. The van der Waals surface area contributed by atoms with E-state index in [-0.39, 0.29) is 6.54 Å². The molecule has 98 valence electrons. The molecule has 0 saturated heterocycles. The zero-order valence-corrected chi connectivity index (χ0v) is 10.2. The van der Waals surface area contributed by atoms with Crippen LogP contribution in [-0.2, 0) is 11.3 Å². The molecule has 0 radical (unpaired) electrons. The Morgan fingerprint density at radius 2 is 2.00 bits per heavy atom. The van der Waals surface area contributed by atoms with E-state index in [1.165, 1.54) is 7.05 Å². The quantitative estimate of drug-likeness (QED) is 0.795. The Balaban J connectivity index is 2.02. The third kappa shape index (κ3) is 3.35. The van der Waals surface area contributed by atoms with Crippen molar-refractivity contribution in [2.24, 2.45) is 0 Å². The zero-order chi connectivity index (χ0) is 13.7. The highest BCUT2D eigenvalue weighted by Gasteiger charge is 2.10. The van der Waals surface area contributed by atoms with Gasteiger partial charge < -0.3 is 5.32 Å². The summed E-state index contributed by atoms with van der Waals surface area (Å²) in [5.74, 6) is -0.0929. The lowest BCUT2D eigenvalue weighted by Gasteiger charge is -2.01. The fourth-order valence-corrected chi connectivity index (χ4v) is 1.37. The van der Waals surface area contributed by atoms with Crippen LogP contribution in [0.2, 0.25) is 0 Å². The molecule has 8 nitrogen and oxygen atoms in total. The molecule has 0 aliphatic rings. The third-order valence-electron chi connectivity index (χ3n) is 2.25. The third-order valence-corrected chi connectivity index (χ3v) is 2.25. The van der Waals surface area contributed by atoms with Gasteiger partial charge in [-0.1, -0.05) is 30.3 Å². The summed E-state index contributed by atoms with van der Waals surface area (Å²) in [6.45, 7) is -0.173. The van der Waals surface area contributed by atoms with Crippen LogP contribution in [0.25, 0.3) is 11.4 Å². The number of tetrazole rings is 1. The Morgan fingerprint density at radius 3 is 2.68 bits per heavy atom. The van der Waals surface area contributed by atoms with E-state index in [0.717, 1.165) is 10.4 Å². The molecule has 1 aromatic heterocycles. The summed E-state index contributed by atoms with van der Waals surface area (Å²) in [5.41, 5.74) is 0.806. The van der Waals surface area contributed by atoms with Crippen LogP contribution in [0.1, 0.15) is 0 Å². The fourth-order valence-electron chi connectivity index (χ4n) is 1.37. The van der Waals surface area contributed by atoms with Crippen LogP contribution >= 0.6 is 0 Å². The molecule has 2 aromatic rings. The molecule has 2 N–H and O–H groups in total. The van der Waals surface area contributed by atoms with Crippen molar-refractivity contribution in [2.45, 2.75) is 6.54 Å². The first kappa shape index (κ1) is 12.7. The molecule has 1 aromatic carbocycles. The Hall–Kier alpha value is -2.77. The van der Waals surface area contributed by atoms with E-state index in [2.05, 4.69) is 26.0 Å². The highest BCUT2D eigenvalue weighted by atomic mass is 16.2. The molecule has 0 spiro atoms. The highest BCUT2D eigenvalue weighted by Crippen LogP contribution is 2.11. The molecule has 1 heterocycles. The summed E-state index contributed by atoms with van der Waals surface area (Å²) in [6, 6.07) is 8.69. The second kappa shape index (κ2) is 5.71. The predicted molar refractivity (Wildman–Crippen MR) is 65.9 cm³/mol. The maximum atomic E-state index is 11.4. The number of aromatic nitrogens is 4. The van der Waals surface area contributed by atoms with Gasteiger partial charge >= 0.3 is 6.03 Å². The predicted octanol–water partition coefficient (Wildman–Crippen LogP) is -0.204. The van der Waals surface area contributed by atoms with Gasteiger partial charge in [-0.3, -0.25) is 10.1 Å². The van der Waals surface area contributed by atoms with Crippen LogP contribution in [0.15, 0.2) is 30.3 Å². The number of carbonyl (C=O) groups is 2. The Labute approximate surface area is 108 Å². The van der Waals surface area contributed by atoms with Crippen molar-refractivity contribution in [3.8, 4) is 11.4 Å². The summed E-state index contributed by atoms with van der Waals surface area (Å²) >= 11 is 0. The first-order valence-electron chi connectivity index (χ1n) is 5.54. The van der Waals surface area contributed by atoms with Crippen molar-refractivity contribution in [3.05, 3.63) is 30.3 Å². The number of benzene rings is 1. The lowest BCUT2D eigenvalue weighted by molar-refractivity contribution is -0.121. The van der Waals surface area contributed by atoms with Gasteiger partial charge in [-0.05, 0) is 5.21 Å². The van der Waals surface area contributed by atoms with Crippen molar-refractivity contribution in [1.82, 2.24) is 30.8 Å². The lowest BCUT2D eigenvalue weighted by Crippen LogP contribution is -2.39. The van der Waals surface area contributed by atoms with Gasteiger partial charge in [0.2, 0.25) is 5.82 Å². The van der Waals surface area contributed by atoms with Gasteiger partial charge in [0.1, 0.15) is 6.54 Å². The van der Waals surface area contributed by atoms with E-state index in [1.807, 2.05) is 30.3 Å². The van der Waals surface area contributed by atoms with Crippen molar-refractivity contribution >= 4 is 11.9 Å². The number of nitrogens with one attached hydrogen (secondary N) is 2. The molecule has 2 rings (SSSR count). The summed E-state index contributed by atoms with van der Waals surface area (Å²) < 4.78 is 0. The van der Waals surface area contributed by atoms with Crippen LogP contribution in [0, 0.1) is 0 Å². The Bertz CT molecular complexity index is 580. The SMILES string of the molecule is CNC(=O)NC(=O)Cn1nnc(-c2ccccc2)n1. The monoisotopic (exact) mass is 260 g/mol. The van der Waals surface area contributed by atoms with E-state index in [1.54, 1.807) is 0 Å². The largest absolute Gasteiger partial charge is 0.341 e. The summed E-state index contributed by atoms with van der Waals surface area (Å²) in [6.07, 6.45) is 0. The standard InChI is InChI=1S/C11H12N6O2/c1-12-11(19)13-9(18)7-17-15-10(14-16-17)8-5-3-2-4-6-8/h2-6H,7H2,1H3,(H2,12,13,18,19). The second-order valence-corrected chi connectivity index (χ2v) is 3.64. The molecule has 0 bridgehead atoms. The number of rotatable bonds is 3. The number of hydrogen-bond acceptors (Lipinski definition) is 5. The average Bonchev–Trinajstić information content (AvgIpc) is 2.88. The van der Waals surface area contributed by atoms with Gasteiger partial charge in [0.25, 0.3) is 5.91 Å². The second-order valence-electron chi connectivity index (χ2n) is 3.64. The maximum Gasteiger partial charge on any atom is 0.321 e. The van der Waals surface area contributed by atoms with E-state index in [0.29, 0.717) is 5.82 Å². The average molecular weight is 260 g/mol. The molecule has 0 aliphatic heterocycles. The van der Waals surface area contributed by atoms with Crippen LogP contribution in [0.5, 0.6) is 0 Å². The van der Waals surface area contributed by atoms with Gasteiger partial charge in [-0.2, -0.15) is 4.80 Å². The zero-order valence-electron chi connectivity index (χ0n) is 10.2. The molecule has 0 fully saturated rings. The van der Waals surface area contributed by atoms with Crippen LogP contribution in [0.3, 0.4) is 0 Å². The van der Waals surface area contributed by atoms with Crippen LogP contribution < -0.4 is 10.6 Å². The van der Waals surface area contributed by atoms with E-state index in [9.17, 15) is 9.59 Å². The number of hydrogen-bond donors (Lipinski definition) is 2. The van der Waals surface area contributed by atoms with E-state index >= 15 is 0 Å². The molecule has 8 heteroatoms. The molecule has 0 atom stereocenters. The van der Waals surface area contributed by atoms with Crippen LogP contribution in [-0.4, -0.2) is 39.2 Å². The van der Waals surface area contributed by atoms with Crippen molar-refractivity contribution < 1.29 is 9.59 Å². The van der Waals surface area contributed by atoms with Gasteiger partial charge in [0.05, 0.1) is 0 Å². The van der Waals surface area contributed by atoms with Gasteiger partial charge in [0, 0.05) is 12.6 Å². The number of nitrogens with zero attached hydrogens (tertiary/aromatic N) is 4. The fraction of sp³-hybridized carbons (Fsp3) is 0.182. The summed E-state index contributed by atoms with van der Waals surface area (Å²) in [5, 5.41) is 16.0. The highest BCUT2D eigenvalue weighted by molar-refractivity contribution is 5.93. The summed E-state index contributed by atoms with van der Waals surface area (Å²) in [4.78, 5) is 23.5. The van der Waals surface area contributed by atoms with Crippen LogP contribution in [0.4, 0.5) is 4.79 Å². The van der Waals surface area contributed by atoms with E-state index < -0.39 is 11.9 Å². The molecule has 0 saturated carbocycles. The van der Waals surface area contributed by atoms with Crippen molar-refractivity contribution in [1.29, 1.82) is 0 Å². The first-order valence-corrected chi connectivity index (χ1v) is 5.54. The number of carbonyl (C=O) groups excluding carboxylic acids is 2. The summed E-state index contributed by atoms with van der Waals surface area (Å²) in [7, 11) is 1.42. The number of imide groups is 1. The van der Waals surface area contributed by atoms with Gasteiger partial charge in [-0.15, -0.1) is 10.2 Å². The molecular weight excluding hydrogens is 248 g/mol. The molecule has 3 amide bonds. The number of urea groups is 1. The lowest BCUT2D eigenvalue weighted by atomic mass is 10.2. The molecule has 19 heavy (non-hydrogen) atoms. The smallest absolute Gasteiger partial charge is 0.321 e. The van der Waals surface area contributed by atoms with E-state index in [4.69, 9.17) is 0 Å². The molecule has 0 unspecified atom stereocenters.